The van der Waals surface area contributed by atoms with Gasteiger partial charge in [-0.05, 0) is 31.5 Å². The predicted octanol–water partition coefficient (Wildman–Crippen LogP) is 3.41. The third-order valence-electron chi connectivity index (χ3n) is 5.83. The smallest absolute Gasteiger partial charge is 0.228 e. The summed E-state index contributed by atoms with van der Waals surface area (Å²) in [5, 5.41) is 0.506. The molecule has 1 aromatic heterocycles. The summed E-state index contributed by atoms with van der Waals surface area (Å²) in [6.07, 6.45) is 1.58. The second kappa shape index (κ2) is 11.7. The molecule has 0 bridgehead atoms. The van der Waals surface area contributed by atoms with Crippen molar-refractivity contribution >= 4 is 27.3 Å². The Morgan fingerprint density at radius 2 is 1.91 bits per heavy atom. The van der Waals surface area contributed by atoms with Crippen LogP contribution in [0.25, 0.3) is 0 Å². The molecule has 0 radical (unpaired) electrons. The van der Waals surface area contributed by atoms with E-state index in [0.29, 0.717) is 42.6 Å². The van der Waals surface area contributed by atoms with Crippen molar-refractivity contribution in [3.8, 4) is 0 Å². The van der Waals surface area contributed by atoms with E-state index >= 15 is 0 Å². The molecule has 3 rings (SSSR count). The molecule has 0 N–H and O–H groups in total. The molecule has 0 spiro atoms. The predicted molar refractivity (Wildman–Crippen MR) is 132 cm³/mol. The fourth-order valence-electron chi connectivity index (χ4n) is 4.10. The van der Waals surface area contributed by atoms with E-state index in [2.05, 4.69) is 9.88 Å². The van der Waals surface area contributed by atoms with E-state index in [0.717, 1.165) is 19.6 Å². The number of hydrogen-bond donors (Lipinski definition) is 0. The summed E-state index contributed by atoms with van der Waals surface area (Å²) < 4.78 is 33.7. The molecule has 10 heteroatoms. The first-order valence-electron chi connectivity index (χ1n) is 11.7. The summed E-state index contributed by atoms with van der Waals surface area (Å²) in [7, 11) is -3.72. The summed E-state index contributed by atoms with van der Waals surface area (Å²) in [5.41, 5.74) is 1.31. The van der Waals surface area contributed by atoms with Gasteiger partial charge >= 0.3 is 0 Å². The molecule has 1 fully saturated rings. The second-order valence-electron chi connectivity index (χ2n) is 9.25. The van der Waals surface area contributed by atoms with Crippen molar-refractivity contribution in [3.05, 3.63) is 46.7 Å². The van der Waals surface area contributed by atoms with E-state index in [1.54, 1.807) is 35.0 Å². The van der Waals surface area contributed by atoms with Gasteiger partial charge < -0.3 is 14.2 Å². The average molecular weight is 511 g/mol. The van der Waals surface area contributed by atoms with Crippen molar-refractivity contribution in [2.75, 3.05) is 39.4 Å². The summed E-state index contributed by atoms with van der Waals surface area (Å²) >= 11 is 6.04. The molecule has 2 heterocycles. The van der Waals surface area contributed by atoms with Gasteiger partial charge in [-0.15, -0.1) is 0 Å². The maximum absolute atomic E-state index is 13.3. The quantitative estimate of drug-likeness (QED) is 0.487. The molecule has 1 saturated heterocycles. The van der Waals surface area contributed by atoms with Gasteiger partial charge in [-0.25, -0.2) is 13.4 Å². The Balaban J connectivity index is 1.84. The van der Waals surface area contributed by atoms with Gasteiger partial charge in [0.2, 0.25) is 20.9 Å². The van der Waals surface area contributed by atoms with Crippen molar-refractivity contribution in [3.63, 3.8) is 0 Å². The van der Waals surface area contributed by atoms with Crippen LogP contribution >= 0.6 is 11.6 Å². The summed E-state index contributed by atoms with van der Waals surface area (Å²) in [4.78, 5) is 21.4. The number of carbonyl (C=O) groups is 1. The zero-order valence-electron chi connectivity index (χ0n) is 20.4. The van der Waals surface area contributed by atoms with E-state index < -0.39 is 9.84 Å². The van der Waals surface area contributed by atoms with Gasteiger partial charge in [0.1, 0.15) is 0 Å². The first-order chi connectivity index (χ1) is 16.1. The molecule has 1 aromatic carbocycles. The lowest BCUT2D eigenvalue weighted by atomic mass is 10.2. The second-order valence-corrected chi connectivity index (χ2v) is 11.6. The Morgan fingerprint density at radius 3 is 2.53 bits per heavy atom. The molecule has 0 atom stereocenters. The van der Waals surface area contributed by atoms with E-state index in [4.69, 9.17) is 16.3 Å². The van der Waals surface area contributed by atoms with Crippen molar-refractivity contribution in [2.24, 2.45) is 5.92 Å². The van der Waals surface area contributed by atoms with Crippen LogP contribution in [0.15, 0.2) is 35.6 Å². The number of rotatable bonds is 10. The standard InChI is InChI=1S/C24H35ClN4O4S/c1-18(2)23(30)28(9-8-27-10-12-33-13-11-27)16-22-15-26-24(29(22)19(3)4)34(31,32)17-20-6-5-7-21(25)14-20/h5-7,14-15,18-19H,8-13,16-17H2,1-4H3. The third-order valence-corrected chi connectivity index (χ3v) is 7.64. The fourth-order valence-corrected chi connectivity index (χ4v) is 5.90. The Kier molecular flexibility index (Phi) is 9.14. The summed E-state index contributed by atoms with van der Waals surface area (Å²) in [6.45, 7) is 12.3. The molecule has 188 valence electrons. The topological polar surface area (TPSA) is 84.7 Å². The van der Waals surface area contributed by atoms with Gasteiger partial charge in [0.05, 0.1) is 37.4 Å². The molecule has 0 saturated carbocycles. The van der Waals surface area contributed by atoms with Crippen LogP contribution in [-0.2, 0) is 31.7 Å². The van der Waals surface area contributed by atoms with Crippen molar-refractivity contribution in [1.29, 1.82) is 0 Å². The first-order valence-corrected chi connectivity index (χ1v) is 13.7. The van der Waals surface area contributed by atoms with Crippen LogP contribution in [0.2, 0.25) is 5.02 Å². The van der Waals surface area contributed by atoms with Crippen LogP contribution in [0, 0.1) is 5.92 Å². The number of benzene rings is 1. The van der Waals surface area contributed by atoms with Gasteiger partial charge in [0.15, 0.2) is 0 Å². The zero-order valence-corrected chi connectivity index (χ0v) is 22.0. The summed E-state index contributed by atoms with van der Waals surface area (Å²) in [6, 6.07) is 6.69. The first kappa shape index (κ1) is 26.7. The Hall–Kier alpha value is -1.94. The van der Waals surface area contributed by atoms with Crippen LogP contribution in [0.3, 0.4) is 0 Å². The molecular formula is C24H35ClN4O4S. The van der Waals surface area contributed by atoms with E-state index in [-0.39, 0.29) is 28.8 Å². The highest BCUT2D eigenvalue weighted by Crippen LogP contribution is 2.24. The Bertz CT molecular complexity index is 1080. The van der Waals surface area contributed by atoms with Crippen LogP contribution in [0.5, 0.6) is 0 Å². The lowest BCUT2D eigenvalue weighted by Crippen LogP contribution is -2.44. The number of amides is 1. The molecule has 34 heavy (non-hydrogen) atoms. The van der Waals surface area contributed by atoms with Gasteiger partial charge in [-0.3, -0.25) is 9.69 Å². The molecule has 8 nitrogen and oxygen atoms in total. The number of carbonyl (C=O) groups excluding carboxylic acids is 1. The van der Waals surface area contributed by atoms with Crippen molar-refractivity contribution < 1.29 is 17.9 Å². The zero-order chi connectivity index (χ0) is 24.9. The van der Waals surface area contributed by atoms with Crippen LogP contribution in [0.4, 0.5) is 0 Å². The number of morpholine rings is 1. The normalized spacial score (nSPS) is 15.3. The minimum atomic E-state index is -3.72. The van der Waals surface area contributed by atoms with Crippen molar-refractivity contribution in [2.45, 2.75) is 51.2 Å². The molecular weight excluding hydrogens is 476 g/mol. The van der Waals surface area contributed by atoms with E-state index in [1.165, 1.54) is 0 Å². The lowest BCUT2D eigenvalue weighted by molar-refractivity contribution is -0.135. The maximum atomic E-state index is 13.3. The van der Waals surface area contributed by atoms with E-state index in [9.17, 15) is 13.2 Å². The SMILES string of the molecule is CC(C)C(=O)N(CCN1CCOCC1)Cc1cnc(S(=O)(=O)Cc2cccc(Cl)c2)n1C(C)C. The number of sulfone groups is 1. The minimum Gasteiger partial charge on any atom is -0.379 e. The third kappa shape index (κ3) is 6.81. The number of imidazole rings is 1. The van der Waals surface area contributed by atoms with Crippen LogP contribution < -0.4 is 0 Å². The molecule has 1 amide bonds. The monoisotopic (exact) mass is 510 g/mol. The maximum Gasteiger partial charge on any atom is 0.228 e. The molecule has 1 aliphatic heterocycles. The number of hydrogen-bond acceptors (Lipinski definition) is 6. The number of aromatic nitrogens is 2. The Labute approximate surface area is 207 Å². The fraction of sp³-hybridized carbons (Fsp3) is 0.583. The van der Waals surface area contributed by atoms with Gasteiger partial charge in [-0.2, -0.15) is 0 Å². The molecule has 2 aromatic rings. The molecule has 1 aliphatic rings. The highest BCUT2D eigenvalue weighted by molar-refractivity contribution is 7.90. The van der Waals surface area contributed by atoms with Gasteiger partial charge in [0.25, 0.3) is 0 Å². The van der Waals surface area contributed by atoms with E-state index in [1.807, 2.05) is 32.6 Å². The summed E-state index contributed by atoms with van der Waals surface area (Å²) in [5.74, 6) is -0.318. The highest BCUT2D eigenvalue weighted by atomic mass is 35.5. The van der Waals surface area contributed by atoms with Crippen molar-refractivity contribution in [1.82, 2.24) is 19.4 Å². The highest BCUT2D eigenvalue weighted by Gasteiger charge is 2.27. The molecule has 0 aliphatic carbocycles. The van der Waals surface area contributed by atoms with Crippen LogP contribution in [0.1, 0.15) is 45.0 Å². The largest absolute Gasteiger partial charge is 0.379 e. The molecule has 0 unspecified atom stereocenters. The van der Waals surface area contributed by atoms with Gasteiger partial charge in [0, 0.05) is 43.2 Å². The number of nitrogens with zero attached hydrogens (tertiary/aromatic N) is 4. The van der Waals surface area contributed by atoms with Crippen LogP contribution in [-0.4, -0.2) is 73.1 Å². The Morgan fingerprint density at radius 1 is 1.21 bits per heavy atom. The minimum absolute atomic E-state index is 0.0163. The number of halogens is 1. The van der Waals surface area contributed by atoms with Gasteiger partial charge in [-0.1, -0.05) is 37.6 Å². The lowest BCUT2D eigenvalue weighted by Gasteiger charge is -2.31. The average Bonchev–Trinajstić information content (AvgIpc) is 3.21. The number of ether oxygens (including phenoxy) is 1.